The first-order valence-corrected chi connectivity index (χ1v) is 50.8. The number of ether oxygens (including phenoxy) is 3. The van der Waals surface area contributed by atoms with Gasteiger partial charge in [0.1, 0.15) is 40.4 Å². The average Bonchev–Trinajstić information content (AvgIpc) is 1.60. The van der Waals surface area contributed by atoms with Gasteiger partial charge in [-0.2, -0.15) is 5.21 Å². The molecule has 17 aromatic rings. The Kier molecular flexibility index (Phi) is 33.3. The molecular weight excluding hydrogens is 1870 g/mol. The highest BCUT2D eigenvalue weighted by Crippen LogP contribution is 2.39. The van der Waals surface area contributed by atoms with Gasteiger partial charge in [-0.25, -0.2) is 19.9 Å². The van der Waals surface area contributed by atoms with Crippen LogP contribution in [0.2, 0.25) is 50.8 Å². The van der Waals surface area contributed by atoms with E-state index in [1.54, 1.807) is 53.9 Å². The summed E-state index contributed by atoms with van der Waals surface area (Å²) in [4.78, 5) is 26.4. The molecule has 0 spiro atoms. The first-order valence-electron chi connectivity index (χ1n) is 47.9. The number of H-pyrrole nitrogens is 2. The molecule has 708 valence electrons. The van der Waals surface area contributed by atoms with Crippen LogP contribution in [-0.4, -0.2) is 135 Å². The minimum atomic E-state index is -0.352. The lowest BCUT2D eigenvalue weighted by Gasteiger charge is -2.36. The second-order valence-corrected chi connectivity index (χ2v) is 39.5. The van der Waals surface area contributed by atoms with Crippen molar-refractivity contribution in [2.24, 2.45) is 0 Å². The lowest BCUT2D eigenvalue weighted by atomic mass is 9.63. The molecule has 1 saturated heterocycles. The molecule has 0 aliphatic carbocycles. The summed E-state index contributed by atoms with van der Waals surface area (Å²) in [5, 5.41) is 56.8. The number of pyridine rings is 2. The van der Waals surface area contributed by atoms with E-state index >= 15 is 0 Å². The second kappa shape index (κ2) is 47.6. The number of hydrogen-bond donors (Lipinski definition) is 5. The van der Waals surface area contributed by atoms with Crippen LogP contribution < -0.4 is 79.6 Å². The summed E-state index contributed by atoms with van der Waals surface area (Å²) in [6.07, 6.45) is 18.7. The number of nitrogens with one attached hydrogen (secondary N) is 2. The van der Waals surface area contributed by atoms with Crippen LogP contribution in [0.25, 0.3) is 28.0 Å². The van der Waals surface area contributed by atoms with Gasteiger partial charge >= 0.3 is 48.4 Å². The fraction of sp³-hybridized carbons (Fsp3) is 0.183. The van der Waals surface area contributed by atoms with Crippen molar-refractivity contribution in [3.8, 4) is 45.8 Å². The Bertz CT molecular complexity index is 7010. The van der Waals surface area contributed by atoms with Crippen molar-refractivity contribution < 1.29 is 65.7 Å². The molecule has 5 aromatic heterocycles. The third-order valence-electron chi connectivity index (χ3n) is 26.2. The molecule has 21 nitrogen and oxygen atoms in total. The Hall–Kier alpha value is -12.6. The van der Waals surface area contributed by atoms with Crippen LogP contribution in [0.15, 0.2) is 358 Å². The Labute approximate surface area is 855 Å². The average molecular weight is 1970 g/mol. The quantitative estimate of drug-likeness (QED) is 0.0531. The monoisotopic (exact) mass is 1970 g/mol. The Morgan fingerprint density at radius 2 is 0.965 bits per heavy atom. The van der Waals surface area contributed by atoms with Crippen LogP contribution in [-0.2, 0) is 66.1 Å². The number of halogens is 2. The first kappa shape index (κ1) is 99.6. The standard InChI is InChI=1S/C22H17BClNOS.C16H19BN4O.C15H13BN4O2.2C15H15BO2.2C13H12BNOS.ClH/c24-16-7-9-21-19(12-16)22(27-18-4-2-1-3-5-18)14-25(21)17-8-6-15-10-11-23(26)20(15)13-17;22-17-5-4-13-2-3-14(12-15(13)17)20-8-10-21(11-9-20)16-18-6-1-7-19-16;1-16-14-11(9-21-16)3-2-4-13(14)22-12-7-5-10(6-8-12)15-17-19-20-18-15;1-11-3-6-13(7-4-11)18-14-8-5-12-10-17-16(2)15(12)9-14;1-16-15-13(11-18-16)8-5-9-14(15)17-10-12-6-3-2-4-7-12;16-14-6-3-10-1-2-12(9-13(10)14)17-11-4-7-15-8-5-11;16-14-7-6-10-4-5-11(9-12(10)14)17-13-3-1-2-8-15-13;/h1-9,12-14,26H,10-11H2;1-3,6-7,12,22H,4-5,8-11H2;2-8H,9H2,1H3,(H,17,18,19,20);3-9H,10H2,1-2H3;2-9H,10-11H2,1H3;1-2,4-5,7-9,16H,3,6H2;1-5,8-9,16H,6-7H2;1H. The van der Waals surface area contributed by atoms with Gasteiger partial charge in [-0.1, -0.05) is 229 Å². The Morgan fingerprint density at radius 3 is 1.59 bits per heavy atom. The van der Waals surface area contributed by atoms with Crippen molar-refractivity contribution in [1.29, 1.82) is 0 Å². The molecule has 0 bridgehead atoms. The van der Waals surface area contributed by atoms with Crippen molar-refractivity contribution in [3.05, 3.63) is 383 Å². The summed E-state index contributed by atoms with van der Waals surface area (Å²) in [6, 6.07) is 98.1. The molecule has 8 aliphatic rings. The number of aromatic nitrogens is 9. The fourth-order valence-corrected chi connectivity index (χ4v) is 21.5. The largest absolute Gasteiger partial charge is 1.00 e. The molecule has 33 heteroatoms. The highest BCUT2D eigenvalue weighted by molar-refractivity contribution is 8.00. The van der Waals surface area contributed by atoms with Crippen LogP contribution in [0.3, 0.4) is 0 Å². The number of piperazine rings is 1. The summed E-state index contributed by atoms with van der Waals surface area (Å²) in [7, 11) is 0. The molecule has 6 N–H and O–H groups in total. The Balaban J connectivity index is 0.000000110. The lowest BCUT2D eigenvalue weighted by molar-refractivity contribution is -0.378. The summed E-state index contributed by atoms with van der Waals surface area (Å²) >= 11 is 11.4. The number of anilines is 2. The van der Waals surface area contributed by atoms with Gasteiger partial charge in [0, 0.05) is 115 Å². The van der Waals surface area contributed by atoms with E-state index in [9.17, 15) is 20.1 Å². The van der Waals surface area contributed by atoms with E-state index < -0.39 is 0 Å². The van der Waals surface area contributed by atoms with Gasteiger partial charge < -0.3 is 75.0 Å². The molecule has 1 fully saturated rings. The molecule has 12 aromatic carbocycles. The highest BCUT2D eigenvalue weighted by atomic mass is 35.5. The van der Waals surface area contributed by atoms with Crippen molar-refractivity contribution in [1.82, 2.24) is 40.1 Å². The molecule has 0 saturated carbocycles. The molecule has 142 heavy (non-hydrogen) atoms. The summed E-state index contributed by atoms with van der Waals surface area (Å²) in [5.74, 6) is 5.67. The van der Waals surface area contributed by atoms with Gasteiger partial charge in [0.25, 0.3) is 0 Å². The van der Waals surface area contributed by atoms with E-state index in [4.69, 9.17) is 39.8 Å². The van der Waals surface area contributed by atoms with Gasteiger partial charge in [-0.3, -0.25) is 0 Å². The maximum absolute atomic E-state index is 10.3. The normalized spacial score (nSPS) is 14.1. The van der Waals surface area contributed by atoms with Gasteiger partial charge in [-0.05, 0) is 269 Å². The number of benzene rings is 12. The van der Waals surface area contributed by atoms with E-state index in [2.05, 4.69) is 233 Å². The van der Waals surface area contributed by atoms with Crippen LogP contribution in [0, 0.1) is 6.92 Å². The summed E-state index contributed by atoms with van der Waals surface area (Å²) < 4.78 is 36.9. The zero-order chi connectivity index (χ0) is 96.5. The number of nitrogens with zero attached hydrogens (tertiary/aromatic N) is 9. The van der Waals surface area contributed by atoms with Crippen LogP contribution in [0.1, 0.15) is 50.1 Å². The van der Waals surface area contributed by atoms with Gasteiger partial charge in [0.15, 0.2) is 12.4 Å². The topological polar surface area (TPSA) is 255 Å². The third-order valence-corrected chi connectivity index (χ3v) is 29.5. The molecule has 0 radical (unpaired) electrons. The number of aromatic amines is 2. The predicted molar refractivity (Wildman–Crippen MR) is 574 cm³/mol. The maximum Gasteiger partial charge on any atom is 0.328 e. The summed E-state index contributed by atoms with van der Waals surface area (Å²) in [6.45, 7) is 13.8. The molecular formula is C109H104B7Cl2N11O10S3. The smallest absolute Gasteiger partial charge is 0.328 e. The van der Waals surface area contributed by atoms with Crippen molar-refractivity contribution >= 4 is 156 Å². The zero-order valence-corrected chi connectivity index (χ0v) is 83.2. The zero-order valence-electron chi connectivity index (χ0n) is 79.3. The predicted octanol–water partition coefficient (Wildman–Crippen LogP) is 13.9. The first-order chi connectivity index (χ1) is 69.0. The molecule has 8 aliphatic heterocycles. The van der Waals surface area contributed by atoms with Gasteiger partial charge in [-0.15, -0.1) is 10.2 Å². The number of tetrazole rings is 1. The van der Waals surface area contributed by atoms with E-state index in [0.29, 0.717) is 32.3 Å². The van der Waals surface area contributed by atoms with Gasteiger partial charge in [0.05, 0.1) is 25.3 Å². The number of aryl methyl sites for hydroxylation is 5. The molecule has 0 amide bonds. The SMILES string of the molecule is CB1OCc2ccc(Oc3ccc(C)cc3)cc21.CB1OCc2cccc(OCc3ccccc3)c21.CB1OCc2cccc(Oc3ccc(-c4nn[nH]n4)cc3)c21.OB1CCc2ccc(-n3cc(Sc4ccccc4)c4cc(Cl)ccc43)cc21.OB1CCc2ccc(N3CCN(c4ncccn4)CC3)cc21.OB1CCc2ccc(Sc3cc[nH+]cc3)cc21.OB1CCc2ccc(Sc3ccccn3)cc21.[Cl-]. The number of fused-ring (bicyclic) bond motifs is 8. The minimum Gasteiger partial charge on any atom is -1.00 e. The van der Waals surface area contributed by atoms with Crippen LogP contribution >= 0.6 is 46.9 Å². The Morgan fingerprint density at radius 1 is 0.437 bits per heavy atom. The maximum atomic E-state index is 10.3. The van der Waals surface area contributed by atoms with Crippen LogP contribution in [0.4, 0.5) is 11.6 Å². The molecule has 25 rings (SSSR count). The van der Waals surface area contributed by atoms with Crippen molar-refractivity contribution in [2.75, 3.05) is 36.0 Å². The van der Waals surface area contributed by atoms with E-state index in [1.165, 1.54) is 86.3 Å². The molecule has 0 atom stereocenters. The van der Waals surface area contributed by atoms with E-state index in [0.717, 1.165) is 176 Å². The van der Waals surface area contributed by atoms with Crippen molar-refractivity contribution in [3.63, 3.8) is 0 Å². The number of rotatable bonds is 17. The molecule has 13 heterocycles. The second-order valence-electron chi connectivity index (χ2n) is 35.7. The fourth-order valence-electron chi connectivity index (χ4n) is 18.7. The number of hydrogen-bond acceptors (Lipinski definition) is 21. The lowest BCUT2D eigenvalue weighted by Crippen LogP contribution is -3.00. The molecule has 0 unspecified atom stereocenters. The summed E-state index contributed by atoms with van der Waals surface area (Å²) in [5.41, 5.74) is 23.5. The van der Waals surface area contributed by atoms with Crippen molar-refractivity contribution in [2.45, 2.75) is 134 Å². The third kappa shape index (κ3) is 24.8. The van der Waals surface area contributed by atoms with Gasteiger partial charge in [0.2, 0.25) is 11.8 Å². The van der Waals surface area contributed by atoms with E-state index in [-0.39, 0.29) is 60.8 Å². The van der Waals surface area contributed by atoms with Crippen LogP contribution in [0.5, 0.6) is 28.7 Å². The van der Waals surface area contributed by atoms with E-state index in [1.807, 2.05) is 159 Å². The minimum absolute atomic E-state index is 0. The highest BCUT2D eigenvalue weighted by Gasteiger charge is 2.33.